The van der Waals surface area contributed by atoms with Gasteiger partial charge in [-0.2, -0.15) is 10.2 Å². The molecular formula is C19H28N6O2. The third kappa shape index (κ3) is 3.51. The predicted octanol–water partition coefficient (Wildman–Crippen LogP) is 1.61. The van der Waals surface area contributed by atoms with Gasteiger partial charge in [0.2, 0.25) is 0 Å². The molecular weight excluding hydrogens is 344 g/mol. The summed E-state index contributed by atoms with van der Waals surface area (Å²) < 4.78 is 7.90. The monoisotopic (exact) mass is 372 g/mol. The van der Waals surface area contributed by atoms with Crippen molar-refractivity contribution in [3.05, 3.63) is 34.9 Å². The van der Waals surface area contributed by atoms with Crippen LogP contribution in [-0.2, 0) is 24.2 Å². The van der Waals surface area contributed by atoms with Gasteiger partial charge in [-0.1, -0.05) is 0 Å². The number of carbonyl (C=O) groups excluding carboxylic acids is 1. The summed E-state index contributed by atoms with van der Waals surface area (Å²) in [7, 11) is 0. The van der Waals surface area contributed by atoms with E-state index >= 15 is 0 Å². The Morgan fingerprint density at radius 2 is 2.07 bits per heavy atom. The number of ether oxygens (including phenoxy) is 1. The molecule has 2 aliphatic rings. The number of carbonyl (C=O) groups is 1. The maximum absolute atomic E-state index is 13.2. The average Bonchev–Trinajstić information content (AvgIpc) is 3.29. The molecule has 0 saturated carbocycles. The van der Waals surface area contributed by atoms with Crippen molar-refractivity contribution in [3.8, 4) is 0 Å². The molecule has 1 N–H and O–H groups in total. The lowest BCUT2D eigenvalue weighted by Gasteiger charge is -2.34. The number of piperazine rings is 1. The fourth-order valence-corrected chi connectivity index (χ4v) is 4.21. The van der Waals surface area contributed by atoms with E-state index in [0.717, 1.165) is 56.9 Å². The Morgan fingerprint density at radius 3 is 2.74 bits per heavy atom. The van der Waals surface area contributed by atoms with Crippen LogP contribution in [0.5, 0.6) is 0 Å². The molecule has 0 spiro atoms. The van der Waals surface area contributed by atoms with Gasteiger partial charge >= 0.3 is 0 Å². The van der Waals surface area contributed by atoms with Crippen LogP contribution < -0.4 is 0 Å². The summed E-state index contributed by atoms with van der Waals surface area (Å²) in [5.74, 6) is 0.0581. The van der Waals surface area contributed by atoms with Gasteiger partial charge in [-0.15, -0.1) is 0 Å². The van der Waals surface area contributed by atoms with Crippen LogP contribution in [0.2, 0.25) is 0 Å². The smallest absolute Gasteiger partial charge is 0.274 e. The van der Waals surface area contributed by atoms with Gasteiger partial charge in [-0.3, -0.25) is 19.5 Å². The number of amides is 1. The third-order valence-electron chi connectivity index (χ3n) is 5.53. The van der Waals surface area contributed by atoms with E-state index in [0.29, 0.717) is 5.69 Å². The summed E-state index contributed by atoms with van der Waals surface area (Å²) in [5, 5.41) is 11.5. The maximum Gasteiger partial charge on any atom is 0.274 e. The number of rotatable bonds is 4. The minimum Gasteiger partial charge on any atom is -0.369 e. The highest BCUT2D eigenvalue weighted by Crippen LogP contribution is 2.32. The first-order chi connectivity index (χ1) is 13.1. The number of aromatic amines is 1. The minimum absolute atomic E-state index is 0.0236. The Kier molecular flexibility index (Phi) is 5.01. The van der Waals surface area contributed by atoms with Gasteiger partial charge in [0.15, 0.2) is 5.69 Å². The molecule has 2 aromatic heterocycles. The maximum atomic E-state index is 13.2. The third-order valence-corrected chi connectivity index (χ3v) is 5.53. The Balaban J connectivity index is 1.47. The SMILES string of the molecule is CCn1nc(C(=O)N2CCN(Cc3cn[nH]c3)CC2)c2c1[C@H](C)O[C@H](C)C2. The van der Waals surface area contributed by atoms with Crippen molar-refractivity contribution < 1.29 is 9.53 Å². The fraction of sp³-hybridized carbons (Fsp3) is 0.632. The molecule has 0 bridgehead atoms. The van der Waals surface area contributed by atoms with Crippen molar-refractivity contribution in [2.75, 3.05) is 26.2 Å². The number of hydrogen-bond acceptors (Lipinski definition) is 5. The summed E-state index contributed by atoms with van der Waals surface area (Å²) >= 11 is 0. The predicted molar refractivity (Wildman–Crippen MR) is 100 cm³/mol. The first kappa shape index (κ1) is 18.2. The van der Waals surface area contributed by atoms with Gasteiger partial charge < -0.3 is 9.64 Å². The van der Waals surface area contributed by atoms with E-state index in [2.05, 4.69) is 34.0 Å². The van der Waals surface area contributed by atoms with Gasteiger partial charge in [-0.05, 0) is 20.8 Å². The van der Waals surface area contributed by atoms with E-state index in [1.807, 2.05) is 28.9 Å². The van der Waals surface area contributed by atoms with Crippen molar-refractivity contribution in [2.45, 2.75) is 52.5 Å². The van der Waals surface area contributed by atoms with Crippen molar-refractivity contribution in [1.82, 2.24) is 29.8 Å². The first-order valence-electron chi connectivity index (χ1n) is 9.81. The molecule has 1 fully saturated rings. The lowest BCUT2D eigenvalue weighted by atomic mass is 9.99. The highest BCUT2D eigenvalue weighted by Gasteiger charge is 2.34. The molecule has 1 amide bonds. The van der Waals surface area contributed by atoms with Gasteiger partial charge in [0.1, 0.15) is 0 Å². The van der Waals surface area contributed by atoms with Gasteiger partial charge in [0.05, 0.1) is 24.1 Å². The van der Waals surface area contributed by atoms with E-state index in [-0.39, 0.29) is 18.1 Å². The number of nitrogens with one attached hydrogen (secondary N) is 1. The van der Waals surface area contributed by atoms with Crippen LogP contribution in [0, 0.1) is 0 Å². The number of fused-ring (bicyclic) bond motifs is 1. The van der Waals surface area contributed by atoms with Crippen molar-refractivity contribution in [1.29, 1.82) is 0 Å². The quantitative estimate of drug-likeness (QED) is 0.882. The van der Waals surface area contributed by atoms with Gasteiger partial charge in [0, 0.05) is 63.0 Å². The normalized spacial score (nSPS) is 23.4. The second-order valence-corrected chi connectivity index (χ2v) is 7.50. The van der Waals surface area contributed by atoms with Crippen LogP contribution in [0.4, 0.5) is 0 Å². The van der Waals surface area contributed by atoms with Crippen LogP contribution in [-0.4, -0.2) is 68.0 Å². The lowest BCUT2D eigenvalue weighted by Crippen LogP contribution is -2.48. The van der Waals surface area contributed by atoms with Crippen LogP contribution in [0.1, 0.15) is 54.2 Å². The Bertz CT molecular complexity index is 791. The highest BCUT2D eigenvalue weighted by molar-refractivity contribution is 5.94. The highest BCUT2D eigenvalue weighted by atomic mass is 16.5. The number of nitrogens with zero attached hydrogens (tertiary/aromatic N) is 5. The number of H-pyrrole nitrogens is 1. The molecule has 0 aromatic carbocycles. The lowest BCUT2D eigenvalue weighted by molar-refractivity contribution is -0.00953. The number of aromatic nitrogens is 4. The minimum atomic E-state index is -0.0236. The van der Waals surface area contributed by atoms with E-state index in [1.54, 1.807) is 0 Å². The van der Waals surface area contributed by atoms with Crippen molar-refractivity contribution in [3.63, 3.8) is 0 Å². The number of hydrogen-bond donors (Lipinski definition) is 1. The Morgan fingerprint density at radius 1 is 1.30 bits per heavy atom. The van der Waals surface area contributed by atoms with Gasteiger partial charge in [-0.25, -0.2) is 0 Å². The molecule has 0 unspecified atom stereocenters. The van der Waals surface area contributed by atoms with Gasteiger partial charge in [0.25, 0.3) is 5.91 Å². The molecule has 27 heavy (non-hydrogen) atoms. The van der Waals surface area contributed by atoms with E-state index in [4.69, 9.17) is 4.74 Å². The Hall–Kier alpha value is -2.19. The molecule has 1 saturated heterocycles. The molecule has 8 nitrogen and oxygen atoms in total. The first-order valence-corrected chi connectivity index (χ1v) is 9.81. The second-order valence-electron chi connectivity index (χ2n) is 7.50. The standard InChI is InChI=1S/C19H28N6O2/c1-4-25-18-14(3)27-13(2)9-16(18)17(22-25)19(26)24-7-5-23(6-8-24)12-15-10-20-21-11-15/h10-11,13-14H,4-9,12H2,1-3H3,(H,20,21)/t13-,14+/m1/s1. The zero-order valence-electron chi connectivity index (χ0n) is 16.3. The molecule has 4 rings (SSSR count). The average molecular weight is 372 g/mol. The van der Waals surface area contributed by atoms with Crippen molar-refractivity contribution in [2.24, 2.45) is 0 Å². The summed E-state index contributed by atoms with van der Waals surface area (Å²) in [6, 6.07) is 0. The summed E-state index contributed by atoms with van der Waals surface area (Å²) in [6.45, 7) is 11.0. The molecule has 2 atom stereocenters. The van der Waals surface area contributed by atoms with Crippen LogP contribution >= 0.6 is 0 Å². The zero-order valence-corrected chi connectivity index (χ0v) is 16.3. The molecule has 2 aromatic rings. The summed E-state index contributed by atoms with van der Waals surface area (Å²) in [6.07, 6.45) is 4.61. The second kappa shape index (κ2) is 7.44. The molecule has 2 aliphatic heterocycles. The largest absolute Gasteiger partial charge is 0.369 e. The van der Waals surface area contributed by atoms with Crippen molar-refractivity contribution >= 4 is 5.91 Å². The molecule has 0 aliphatic carbocycles. The van der Waals surface area contributed by atoms with E-state index < -0.39 is 0 Å². The molecule has 146 valence electrons. The number of aryl methyl sites for hydroxylation is 1. The topological polar surface area (TPSA) is 79.3 Å². The summed E-state index contributed by atoms with van der Waals surface area (Å²) in [4.78, 5) is 17.5. The molecule has 4 heterocycles. The van der Waals surface area contributed by atoms with E-state index in [9.17, 15) is 4.79 Å². The van der Waals surface area contributed by atoms with E-state index in [1.165, 1.54) is 5.56 Å². The van der Waals surface area contributed by atoms with Crippen LogP contribution in [0.15, 0.2) is 12.4 Å². The van der Waals surface area contributed by atoms with Crippen LogP contribution in [0.25, 0.3) is 0 Å². The Labute approximate surface area is 159 Å². The fourth-order valence-electron chi connectivity index (χ4n) is 4.21. The molecule has 0 radical (unpaired) electrons. The molecule has 8 heteroatoms. The zero-order chi connectivity index (χ0) is 19.0. The van der Waals surface area contributed by atoms with Crippen LogP contribution in [0.3, 0.4) is 0 Å². The summed E-state index contributed by atoms with van der Waals surface area (Å²) in [5.41, 5.74) is 3.94.